The molecule has 0 bridgehead atoms. The molecule has 2 aliphatic carbocycles. The lowest BCUT2D eigenvalue weighted by molar-refractivity contribution is 0.0691. The largest absolute Gasteiger partial charge is 0.490 e. The van der Waals surface area contributed by atoms with Crippen LogP contribution in [0.25, 0.3) is 0 Å². The molecular weight excluding hydrogens is 330 g/mol. The molecule has 1 N–H and O–H groups in total. The Morgan fingerprint density at radius 2 is 1.86 bits per heavy atom. The lowest BCUT2D eigenvalue weighted by Crippen LogP contribution is -2.29. The molecule has 0 spiro atoms. The number of carbonyl (C=O) groups is 1. The van der Waals surface area contributed by atoms with E-state index in [9.17, 15) is 9.18 Å². The normalized spacial score (nSPS) is 21.6. The summed E-state index contributed by atoms with van der Waals surface area (Å²) in [6.07, 6.45) is 4.60. The minimum absolute atomic E-state index is 0.0572. The van der Waals surface area contributed by atoms with E-state index in [-0.39, 0.29) is 17.6 Å². The standard InChI is InChI=1S/C16H17Cl2FO3/c17-16(18)5-3-10(4-6-16)22-14-8-13(19)12(15(20)21)7-11(14)9-1-2-9/h7-10H,1-6H2,(H,20,21). The molecule has 0 atom stereocenters. The molecule has 120 valence electrons. The SMILES string of the molecule is O=C(O)c1cc(C2CC2)c(OC2CCC(Cl)(Cl)CC2)cc1F. The van der Waals surface area contributed by atoms with Gasteiger partial charge in [0.15, 0.2) is 0 Å². The fourth-order valence-corrected chi connectivity index (χ4v) is 3.30. The van der Waals surface area contributed by atoms with E-state index >= 15 is 0 Å². The lowest BCUT2D eigenvalue weighted by atomic mass is 9.96. The number of carboxylic acids is 1. The first kappa shape index (κ1) is 15.9. The van der Waals surface area contributed by atoms with Crippen molar-refractivity contribution >= 4 is 29.2 Å². The van der Waals surface area contributed by atoms with Gasteiger partial charge in [0.25, 0.3) is 0 Å². The van der Waals surface area contributed by atoms with Crippen molar-refractivity contribution < 1.29 is 19.0 Å². The Hall–Kier alpha value is -1.00. The topological polar surface area (TPSA) is 46.5 Å². The second-order valence-electron chi connectivity index (χ2n) is 6.12. The van der Waals surface area contributed by atoms with Crippen LogP contribution in [0.1, 0.15) is 60.4 Å². The fraction of sp³-hybridized carbons (Fsp3) is 0.562. The number of benzene rings is 1. The Morgan fingerprint density at radius 1 is 1.23 bits per heavy atom. The molecule has 2 saturated carbocycles. The number of carboxylic acid groups (broad SMARTS) is 1. The summed E-state index contributed by atoms with van der Waals surface area (Å²) in [5, 5.41) is 9.05. The highest BCUT2D eigenvalue weighted by molar-refractivity contribution is 6.48. The van der Waals surface area contributed by atoms with Crippen molar-refractivity contribution in [3.8, 4) is 5.75 Å². The average molecular weight is 347 g/mol. The molecule has 0 amide bonds. The molecule has 3 rings (SSSR count). The zero-order valence-corrected chi connectivity index (χ0v) is 13.5. The summed E-state index contributed by atoms with van der Waals surface area (Å²) < 4.78 is 19.2. The van der Waals surface area contributed by atoms with E-state index in [0.717, 1.165) is 18.4 Å². The first-order valence-corrected chi connectivity index (χ1v) is 8.22. The third kappa shape index (κ3) is 3.49. The Labute approximate surface area is 138 Å². The van der Waals surface area contributed by atoms with Gasteiger partial charge in [-0.2, -0.15) is 0 Å². The minimum atomic E-state index is -1.25. The molecule has 22 heavy (non-hydrogen) atoms. The van der Waals surface area contributed by atoms with E-state index in [4.69, 9.17) is 33.0 Å². The maximum atomic E-state index is 13.9. The Kier molecular flexibility index (Phi) is 4.25. The summed E-state index contributed by atoms with van der Waals surface area (Å²) in [6.45, 7) is 0. The van der Waals surface area contributed by atoms with Gasteiger partial charge in [-0.1, -0.05) is 0 Å². The van der Waals surface area contributed by atoms with Crippen molar-refractivity contribution in [1.29, 1.82) is 0 Å². The van der Waals surface area contributed by atoms with Crippen molar-refractivity contribution in [2.45, 2.75) is 54.9 Å². The molecule has 1 aromatic carbocycles. The highest BCUT2D eigenvalue weighted by Gasteiger charge is 2.34. The van der Waals surface area contributed by atoms with Crippen molar-refractivity contribution in [2.24, 2.45) is 0 Å². The van der Waals surface area contributed by atoms with E-state index in [0.29, 0.717) is 31.4 Å². The first-order valence-electron chi connectivity index (χ1n) is 7.47. The van der Waals surface area contributed by atoms with Gasteiger partial charge in [-0.25, -0.2) is 9.18 Å². The second-order valence-corrected chi connectivity index (χ2v) is 7.76. The van der Waals surface area contributed by atoms with Gasteiger partial charge >= 0.3 is 5.97 Å². The molecule has 3 nitrogen and oxygen atoms in total. The van der Waals surface area contributed by atoms with E-state index in [1.807, 2.05) is 0 Å². The van der Waals surface area contributed by atoms with Gasteiger partial charge in [0.05, 0.1) is 11.7 Å². The lowest BCUT2D eigenvalue weighted by Gasteiger charge is -2.31. The van der Waals surface area contributed by atoms with Crippen LogP contribution in [0.5, 0.6) is 5.75 Å². The maximum absolute atomic E-state index is 13.9. The maximum Gasteiger partial charge on any atom is 0.338 e. The summed E-state index contributed by atoms with van der Waals surface area (Å²) >= 11 is 12.2. The minimum Gasteiger partial charge on any atom is -0.490 e. The molecule has 0 aliphatic heterocycles. The van der Waals surface area contributed by atoms with Crippen molar-refractivity contribution in [3.05, 3.63) is 29.1 Å². The number of ether oxygens (including phenoxy) is 1. The number of halogens is 3. The van der Waals surface area contributed by atoms with Gasteiger partial charge in [-0.05, 0) is 56.1 Å². The molecular formula is C16H17Cl2FO3. The Balaban J connectivity index is 1.81. The molecule has 6 heteroatoms. The van der Waals surface area contributed by atoms with Crippen molar-refractivity contribution in [2.75, 3.05) is 0 Å². The van der Waals surface area contributed by atoms with Crippen LogP contribution in [0.15, 0.2) is 12.1 Å². The third-order valence-electron chi connectivity index (χ3n) is 4.30. The van der Waals surface area contributed by atoms with Gasteiger partial charge < -0.3 is 9.84 Å². The molecule has 2 aliphatic rings. The van der Waals surface area contributed by atoms with Crippen LogP contribution in [0.4, 0.5) is 4.39 Å². The summed E-state index contributed by atoms with van der Waals surface area (Å²) in [7, 11) is 0. The zero-order chi connectivity index (χ0) is 15.9. The highest BCUT2D eigenvalue weighted by Crippen LogP contribution is 2.46. The van der Waals surface area contributed by atoms with Crippen LogP contribution >= 0.6 is 23.2 Å². The van der Waals surface area contributed by atoms with Gasteiger partial charge in [0.1, 0.15) is 15.9 Å². The Morgan fingerprint density at radius 3 is 2.41 bits per heavy atom. The number of hydrogen-bond donors (Lipinski definition) is 1. The molecule has 2 fully saturated rings. The summed E-state index contributed by atoms with van der Waals surface area (Å²) in [5.74, 6) is -1.27. The van der Waals surface area contributed by atoms with Crippen LogP contribution in [0.2, 0.25) is 0 Å². The van der Waals surface area contributed by atoms with Gasteiger partial charge in [-0.3, -0.25) is 0 Å². The number of hydrogen-bond acceptors (Lipinski definition) is 2. The molecule has 0 saturated heterocycles. The molecule has 1 aromatic rings. The summed E-state index contributed by atoms with van der Waals surface area (Å²) in [6, 6.07) is 2.63. The van der Waals surface area contributed by atoms with Gasteiger partial charge in [-0.15, -0.1) is 23.2 Å². The number of aromatic carboxylic acids is 1. The van der Waals surface area contributed by atoms with E-state index in [2.05, 4.69) is 0 Å². The van der Waals surface area contributed by atoms with Crippen LogP contribution in [-0.2, 0) is 0 Å². The van der Waals surface area contributed by atoms with E-state index in [1.165, 1.54) is 12.1 Å². The predicted molar refractivity (Wildman–Crippen MR) is 82.7 cm³/mol. The monoisotopic (exact) mass is 346 g/mol. The van der Waals surface area contributed by atoms with Crippen molar-refractivity contribution in [3.63, 3.8) is 0 Å². The Bertz CT molecular complexity index is 589. The summed E-state index contributed by atoms with van der Waals surface area (Å²) in [4.78, 5) is 11.1. The number of alkyl halides is 2. The van der Waals surface area contributed by atoms with Crippen LogP contribution < -0.4 is 4.74 Å². The second kappa shape index (κ2) is 5.89. The van der Waals surface area contributed by atoms with Crippen LogP contribution in [-0.4, -0.2) is 21.5 Å². The smallest absolute Gasteiger partial charge is 0.338 e. The van der Waals surface area contributed by atoms with E-state index < -0.39 is 16.1 Å². The first-order chi connectivity index (χ1) is 10.4. The quantitative estimate of drug-likeness (QED) is 0.789. The summed E-state index contributed by atoms with van der Waals surface area (Å²) in [5.41, 5.74) is 0.505. The highest BCUT2D eigenvalue weighted by atomic mass is 35.5. The molecule has 0 unspecified atom stereocenters. The molecule has 0 radical (unpaired) electrons. The van der Waals surface area contributed by atoms with Crippen molar-refractivity contribution in [1.82, 2.24) is 0 Å². The van der Waals surface area contributed by atoms with Gasteiger partial charge in [0, 0.05) is 6.07 Å². The molecule has 0 heterocycles. The van der Waals surface area contributed by atoms with Crippen LogP contribution in [0, 0.1) is 5.82 Å². The zero-order valence-electron chi connectivity index (χ0n) is 11.9. The van der Waals surface area contributed by atoms with Gasteiger partial charge in [0.2, 0.25) is 0 Å². The predicted octanol–water partition coefficient (Wildman–Crippen LogP) is 4.90. The number of rotatable bonds is 4. The third-order valence-corrected chi connectivity index (χ3v) is 5.06. The average Bonchev–Trinajstić information content (AvgIpc) is 3.25. The van der Waals surface area contributed by atoms with Crippen LogP contribution in [0.3, 0.4) is 0 Å². The molecule has 0 aromatic heterocycles. The van der Waals surface area contributed by atoms with E-state index in [1.54, 1.807) is 0 Å². The fourth-order valence-electron chi connectivity index (χ4n) is 2.86.